The summed E-state index contributed by atoms with van der Waals surface area (Å²) in [5, 5.41) is 0. The van der Waals surface area contributed by atoms with Crippen molar-refractivity contribution in [3.8, 4) is 0 Å². The molecule has 1 aromatic rings. The molecule has 2 atom stereocenters. The highest BCUT2D eigenvalue weighted by atomic mass is 16.6. The molecule has 3 fully saturated rings. The van der Waals surface area contributed by atoms with Gasteiger partial charge in [0.1, 0.15) is 18.2 Å². The van der Waals surface area contributed by atoms with Crippen LogP contribution in [0.2, 0.25) is 0 Å². The molecule has 7 nitrogen and oxygen atoms in total. The number of rotatable bonds is 2. The van der Waals surface area contributed by atoms with Crippen LogP contribution >= 0.6 is 0 Å². The Morgan fingerprint density at radius 1 is 1.16 bits per heavy atom. The lowest BCUT2D eigenvalue weighted by Crippen LogP contribution is -2.73. The number of carbonyl (C=O) groups excluding carboxylic acids is 3. The van der Waals surface area contributed by atoms with Crippen molar-refractivity contribution in [1.29, 1.82) is 0 Å². The highest BCUT2D eigenvalue weighted by molar-refractivity contribution is 5.99. The van der Waals surface area contributed by atoms with Crippen LogP contribution in [0.4, 0.5) is 9.59 Å². The predicted molar refractivity (Wildman–Crippen MR) is 88.6 cm³/mol. The zero-order valence-electron chi connectivity index (χ0n) is 14.6. The first kappa shape index (κ1) is 17.3. The van der Waals surface area contributed by atoms with Crippen LogP contribution in [-0.2, 0) is 20.9 Å². The number of carbonyl (C=O) groups is 3. The molecule has 1 aromatic carbocycles. The molecular formula is C18H22N2O5. The van der Waals surface area contributed by atoms with Crippen molar-refractivity contribution in [2.45, 2.75) is 51.5 Å². The van der Waals surface area contributed by atoms with E-state index in [2.05, 4.69) is 0 Å². The SMILES string of the molecule is CC(C)(C)OC(=O)N1CC2CC(C1=O)N2C(=O)OCc1ccccc1. The fraction of sp³-hybridized carbons (Fsp3) is 0.500. The number of hydrogen-bond donors (Lipinski definition) is 0. The van der Waals surface area contributed by atoms with Crippen LogP contribution in [0.1, 0.15) is 32.8 Å². The smallest absolute Gasteiger partial charge is 0.417 e. The van der Waals surface area contributed by atoms with E-state index in [1.54, 1.807) is 20.8 Å². The minimum atomic E-state index is -0.673. The molecule has 2 unspecified atom stereocenters. The van der Waals surface area contributed by atoms with E-state index in [0.29, 0.717) is 6.42 Å². The maximum Gasteiger partial charge on any atom is 0.417 e. The summed E-state index contributed by atoms with van der Waals surface area (Å²) < 4.78 is 10.5. The normalized spacial score (nSPS) is 22.3. The van der Waals surface area contributed by atoms with Crippen molar-refractivity contribution in [2.24, 2.45) is 0 Å². The van der Waals surface area contributed by atoms with Gasteiger partial charge in [0.25, 0.3) is 5.91 Å². The summed E-state index contributed by atoms with van der Waals surface area (Å²) in [4.78, 5) is 39.4. The summed E-state index contributed by atoms with van der Waals surface area (Å²) in [6.07, 6.45) is -0.634. The Balaban J connectivity index is 1.58. The van der Waals surface area contributed by atoms with E-state index >= 15 is 0 Å². The van der Waals surface area contributed by atoms with Gasteiger partial charge in [0.2, 0.25) is 0 Å². The molecule has 3 heterocycles. The molecule has 0 spiro atoms. The van der Waals surface area contributed by atoms with Gasteiger partial charge in [0.15, 0.2) is 0 Å². The summed E-state index contributed by atoms with van der Waals surface area (Å²) in [5.41, 5.74) is 0.205. The monoisotopic (exact) mass is 346 g/mol. The Kier molecular flexibility index (Phi) is 4.41. The van der Waals surface area contributed by atoms with E-state index in [0.717, 1.165) is 10.5 Å². The minimum absolute atomic E-state index is 0.144. The molecule has 25 heavy (non-hydrogen) atoms. The second kappa shape index (κ2) is 6.38. The lowest BCUT2D eigenvalue weighted by molar-refractivity contribution is -0.154. The zero-order valence-corrected chi connectivity index (χ0v) is 14.6. The quantitative estimate of drug-likeness (QED) is 0.822. The number of nitrogens with zero attached hydrogens (tertiary/aromatic N) is 2. The van der Waals surface area contributed by atoms with E-state index in [1.807, 2.05) is 30.3 Å². The number of piperidine rings is 1. The maximum atomic E-state index is 12.5. The standard InChI is InChI=1S/C18H22N2O5/c1-18(2,3)25-16(22)19-10-13-9-14(15(19)21)20(13)17(23)24-11-12-7-5-4-6-8-12/h4-8,13-14H,9-11H2,1-3H3. The molecule has 7 heteroatoms. The van der Waals surface area contributed by atoms with Crippen LogP contribution in [0, 0.1) is 0 Å². The number of benzene rings is 1. The molecule has 0 N–H and O–H groups in total. The molecule has 2 bridgehead atoms. The van der Waals surface area contributed by atoms with Gasteiger partial charge in [-0.25, -0.2) is 14.5 Å². The molecule has 3 amide bonds. The van der Waals surface area contributed by atoms with Crippen molar-refractivity contribution >= 4 is 18.1 Å². The van der Waals surface area contributed by atoms with E-state index in [1.165, 1.54) is 4.90 Å². The van der Waals surface area contributed by atoms with Crippen molar-refractivity contribution < 1.29 is 23.9 Å². The van der Waals surface area contributed by atoms with Gasteiger partial charge >= 0.3 is 12.2 Å². The second-order valence-electron chi connectivity index (χ2n) is 7.28. The lowest BCUT2D eigenvalue weighted by atomic mass is 9.87. The summed E-state index contributed by atoms with van der Waals surface area (Å²) in [7, 11) is 0. The Hall–Kier alpha value is -2.57. The van der Waals surface area contributed by atoms with Crippen molar-refractivity contribution in [3.63, 3.8) is 0 Å². The van der Waals surface area contributed by atoms with Crippen LogP contribution in [0.5, 0.6) is 0 Å². The summed E-state index contributed by atoms with van der Waals surface area (Å²) in [6, 6.07) is 8.48. The summed E-state index contributed by atoms with van der Waals surface area (Å²) >= 11 is 0. The van der Waals surface area contributed by atoms with Gasteiger partial charge in [-0.2, -0.15) is 0 Å². The first-order valence-corrected chi connectivity index (χ1v) is 8.29. The van der Waals surface area contributed by atoms with Gasteiger partial charge in [0.05, 0.1) is 12.6 Å². The maximum absolute atomic E-state index is 12.5. The third kappa shape index (κ3) is 3.60. The third-order valence-electron chi connectivity index (χ3n) is 4.20. The van der Waals surface area contributed by atoms with Gasteiger partial charge in [-0.1, -0.05) is 30.3 Å². The Labute approximate surface area is 146 Å². The molecule has 0 aliphatic carbocycles. The Morgan fingerprint density at radius 3 is 2.44 bits per heavy atom. The highest BCUT2D eigenvalue weighted by Gasteiger charge is 2.55. The third-order valence-corrected chi connectivity index (χ3v) is 4.20. The average molecular weight is 346 g/mol. The average Bonchev–Trinajstić information content (AvgIpc) is 2.51. The van der Waals surface area contributed by atoms with Gasteiger partial charge in [-0.15, -0.1) is 0 Å². The molecular weight excluding hydrogens is 324 g/mol. The highest BCUT2D eigenvalue weighted by Crippen LogP contribution is 2.34. The molecule has 3 aliphatic rings. The zero-order chi connectivity index (χ0) is 18.2. The molecule has 0 saturated carbocycles. The number of piperazine rings is 1. The minimum Gasteiger partial charge on any atom is -0.445 e. The summed E-state index contributed by atoms with van der Waals surface area (Å²) in [6.45, 7) is 5.53. The fourth-order valence-corrected chi connectivity index (χ4v) is 3.02. The number of fused-ring (bicyclic) bond motifs is 2. The number of hydrogen-bond acceptors (Lipinski definition) is 5. The van der Waals surface area contributed by atoms with Crippen LogP contribution in [0.3, 0.4) is 0 Å². The van der Waals surface area contributed by atoms with Gasteiger partial charge in [0, 0.05) is 0 Å². The van der Waals surface area contributed by atoms with Crippen molar-refractivity contribution in [1.82, 2.24) is 9.80 Å². The van der Waals surface area contributed by atoms with Crippen molar-refractivity contribution in [3.05, 3.63) is 35.9 Å². The first-order valence-electron chi connectivity index (χ1n) is 8.29. The van der Waals surface area contributed by atoms with Gasteiger partial charge < -0.3 is 9.47 Å². The largest absolute Gasteiger partial charge is 0.445 e. The molecule has 134 valence electrons. The van der Waals surface area contributed by atoms with Crippen LogP contribution in [0.15, 0.2) is 30.3 Å². The molecule has 4 rings (SSSR count). The van der Waals surface area contributed by atoms with Gasteiger partial charge in [-0.3, -0.25) is 9.69 Å². The number of ether oxygens (including phenoxy) is 2. The van der Waals surface area contributed by atoms with E-state index in [4.69, 9.17) is 9.47 Å². The number of imide groups is 1. The Morgan fingerprint density at radius 2 is 1.84 bits per heavy atom. The molecule has 3 saturated heterocycles. The Bertz CT molecular complexity index is 682. The lowest BCUT2D eigenvalue weighted by Gasteiger charge is -2.53. The predicted octanol–water partition coefficient (Wildman–Crippen LogP) is 2.54. The van der Waals surface area contributed by atoms with Crippen LogP contribution in [-0.4, -0.2) is 52.1 Å². The van der Waals surface area contributed by atoms with Crippen molar-refractivity contribution in [2.75, 3.05) is 6.54 Å². The first-order chi connectivity index (χ1) is 11.8. The molecule has 0 radical (unpaired) electrons. The molecule has 0 aromatic heterocycles. The van der Waals surface area contributed by atoms with E-state index in [9.17, 15) is 14.4 Å². The van der Waals surface area contributed by atoms with Crippen LogP contribution in [0.25, 0.3) is 0 Å². The topological polar surface area (TPSA) is 76.2 Å². The van der Waals surface area contributed by atoms with Gasteiger partial charge in [-0.05, 0) is 32.8 Å². The van der Waals surface area contributed by atoms with Crippen LogP contribution < -0.4 is 0 Å². The number of amides is 3. The fourth-order valence-electron chi connectivity index (χ4n) is 3.02. The van der Waals surface area contributed by atoms with E-state index in [-0.39, 0.29) is 19.2 Å². The molecule has 3 aliphatic heterocycles. The van der Waals surface area contributed by atoms with E-state index < -0.39 is 29.7 Å². The second-order valence-corrected chi connectivity index (χ2v) is 7.28. The summed E-state index contributed by atoms with van der Waals surface area (Å²) in [5.74, 6) is -0.409.